The molecule has 2 aromatic rings. The summed E-state index contributed by atoms with van der Waals surface area (Å²) in [7, 11) is 0. The van der Waals surface area contributed by atoms with Crippen LogP contribution < -0.4 is 10.5 Å². The minimum atomic E-state index is -2.63. The molecule has 3 N–H and O–H groups in total. The Kier molecular flexibility index (Phi) is 3.15. The van der Waals surface area contributed by atoms with Crippen LogP contribution in [0.4, 0.5) is 0 Å². The van der Waals surface area contributed by atoms with Gasteiger partial charge in [0.05, 0.1) is 6.61 Å². The Bertz CT molecular complexity index is 1120. The monoisotopic (exact) mass is 369 g/mol. The number of benzene rings is 1. The molecule has 27 heavy (non-hydrogen) atoms. The van der Waals surface area contributed by atoms with Gasteiger partial charge in [-0.1, -0.05) is 11.8 Å². The van der Waals surface area contributed by atoms with Crippen molar-refractivity contribution < 1.29 is 23.5 Å². The van der Waals surface area contributed by atoms with Crippen molar-refractivity contribution in [1.82, 2.24) is 14.7 Å². The highest BCUT2D eigenvalue weighted by Crippen LogP contribution is 2.29. The lowest BCUT2D eigenvalue weighted by Gasteiger charge is -2.13. The van der Waals surface area contributed by atoms with E-state index >= 15 is 0 Å². The summed E-state index contributed by atoms with van der Waals surface area (Å²) < 4.78 is 29.4. The van der Waals surface area contributed by atoms with Gasteiger partial charge in [0.15, 0.2) is 5.69 Å². The average Bonchev–Trinajstić information content (AvgIpc) is 3.18. The van der Waals surface area contributed by atoms with Crippen LogP contribution in [0.2, 0.25) is 0 Å². The van der Waals surface area contributed by atoms with E-state index in [0.29, 0.717) is 34.9 Å². The number of primary amides is 1. The van der Waals surface area contributed by atoms with Gasteiger partial charge in [-0.3, -0.25) is 9.59 Å². The van der Waals surface area contributed by atoms with Gasteiger partial charge < -0.3 is 20.5 Å². The Morgan fingerprint density at radius 1 is 1.48 bits per heavy atom. The molecule has 0 spiro atoms. The lowest BCUT2D eigenvalue weighted by Crippen LogP contribution is -2.37. The Morgan fingerprint density at radius 2 is 2.33 bits per heavy atom. The van der Waals surface area contributed by atoms with Crippen LogP contribution in [-0.4, -0.2) is 57.3 Å². The van der Waals surface area contributed by atoms with Crippen LogP contribution in [-0.2, 0) is 11.2 Å². The lowest BCUT2D eigenvalue weighted by molar-refractivity contribution is -0.137. The molecule has 0 unspecified atom stereocenters. The molecule has 0 aliphatic carbocycles. The third-order valence-corrected chi connectivity index (χ3v) is 4.55. The molecule has 3 heterocycles. The molecule has 0 saturated carbocycles. The topological polar surface area (TPSA) is 111 Å². The first kappa shape index (κ1) is 13.8. The molecule has 4 rings (SSSR count). The van der Waals surface area contributed by atoms with Crippen LogP contribution in [0.1, 0.15) is 32.3 Å². The van der Waals surface area contributed by atoms with Crippen LogP contribution in [0.5, 0.6) is 5.75 Å². The van der Waals surface area contributed by atoms with E-state index in [4.69, 9.17) is 14.6 Å². The number of nitrogens with zero attached hydrogens (tertiary/aromatic N) is 3. The summed E-state index contributed by atoms with van der Waals surface area (Å²) in [6.07, 6.45) is 0.422. The van der Waals surface area contributed by atoms with Crippen LogP contribution in [0.3, 0.4) is 0 Å². The summed E-state index contributed by atoms with van der Waals surface area (Å²) >= 11 is 0. The number of aliphatic hydroxyl groups is 1. The van der Waals surface area contributed by atoms with E-state index in [9.17, 15) is 14.7 Å². The number of carbonyl (C=O) groups is 2. The Morgan fingerprint density at radius 3 is 3.07 bits per heavy atom. The fraction of sp³-hybridized carbons (Fsp3) is 0.316. The fourth-order valence-electron chi connectivity index (χ4n) is 3.07. The van der Waals surface area contributed by atoms with Crippen molar-refractivity contribution in [3.8, 4) is 23.3 Å². The highest BCUT2D eigenvalue weighted by Gasteiger charge is 2.42. The van der Waals surface area contributed by atoms with E-state index in [1.807, 2.05) is 0 Å². The standard InChI is InChI=1S/C19H18N4O4/c1-22-8-7-19(26,18(22)25)6-4-12-2-3-16-15(10-12)23-13(5-9-27-16)11-14(21-23)17(20)24/h2-3,10-11,26H,5,7-9H2,1H3,(H2,20,24)/t19-/m1/s1/i1D3. The van der Waals surface area contributed by atoms with Gasteiger partial charge in [-0.15, -0.1) is 0 Å². The first-order valence-corrected chi connectivity index (χ1v) is 8.32. The van der Waals surface area contributed by atoms with E-state index in [2.05, 4.69) is 16.9 Å². The van der Waals surface area contributed by atoms with E-state index in [1.54, 1.807) is 28.9 Å². The van der Waals surface area contributed by atoms with Gasteiger partial charge in [-0.25, -0.2) is 4.68 Å². The zero-order valence-corrected chi connectivity index (χ0v) is 14.2. The molecule has 1 atom stereocenters. The normalized spacial score (nSPS) is 22.9. The van der Waals surface area contributed by atoms with Gasteiger partial charge >= 0.3 is 0 Å². The highest BCUT2D eigenvalue weighted by molar-refractivity contribution is 5.91. The Labute approximate surface area is 159 Å². The summed E-state index contributed by atoms with van der Waals surface area (Å²) in [5.41, 5.74) is 5.13. The third-order valence-electron chi connectivity index (χ3n) is 4.55. The lowest BCUT2D eigenvalue weighted by atomic mass is 10.0. The number of likely N-dealkylation sites (N-methyl/N-ethyl adjacent to an activating group) is 1. The highest BCUT2D eigenvalue weighted by atomic mass is 16.5. The van der Waals surface area contributed by atoms with Gasteiger partial charge in [0.25, 0.3) is 11.8 Å². The predicted octanol–water partition coefficient (Wildman–Crippen LogP) is -0.149. The number of carbonyl (C=O) groups excluding carboxylic acids is 2. The number of hydrogen-bond donors (Lipinski definition) is 2. The van der Waals surface area contributed by atoms with E-state index < -0.39 is 24.4 Å². The third kappa shape index (κ3) is 2.92. The fourth-order valence-corrected chi connectivity index (χ4v) is 3.07. The molecule has 1 fully saturated rings. The summed E-state index contributed by atoms with van der Waals surface area (Å²) in [4.78, 5) is 24.5. The van der Waals surface area contributed by atoms with E-state index in [-0.39, 0.29) is 18.7 Å². The van der Waals surface area contributed by atoms with Crippen LogP contribution >= 0.6 is 0 Å². The maximum atomic E-state index is 12.3. The number of aromatic nitrogens is 2. The first-order valence-electron chi connectivity index (χ1n) is 9.82. The van der Waals surface area contributed by atoms with Crippen LogP contribution in [0.15, 0.2) is 24.3 Å². The van der Waals surface area contributed by atoms with Crippen molar-refractivity contribution >= 4 is 11.8 Å². The first-order chi connectivity index (χ1) is 14.1. The second kappa shape index (κ2) is 6.14. The molecule has 1 aromatic carbocycles. The van der Waals surface area contributed by atoms with E-state index in [0.717, 1.165) is 5.69 Å². The molecular formula is C19H18N4O4. The van der Waals surface area contributed by atoms with Crippen molar-refractivity contribution in [2.45, 2.75) is 18.4 Å². The van der Waals surface area contributed by atoms with Crippen molar-refractivity contribution in [2.24, 2.45) is 5.73 Å². The number of hydrogen-bond acceptors (Lipinski definition) is 5. The van der Waals surface area contributed by atoms with Crippen LogP contribution in [0, 0.1) is 11.8 Å². The summed E-state index contributed by atoms with van der Waals surface area (Å²) in [6, 6.07) is 6.58. The Balaban J connectivity index is 1.69. The van der Waals surface area contributed by atoms with Gasteiger partial charge in [0, 0.05) is 41.7 Å². The molecule has 1 aromatic heterocycles. The largest absolute Gasteiger partial charge is 0.491 e. The van der Waals surface area contributed by atoms with Crippen molar-refractivity contribution in [1.29, 1.82) is 0 Å². The molecular weight excluding hydrogens is 348 g/mol. The number of likely N-dealkylation sites (tertiary alicyclic amines) is 1. The molecule has 2 aliphatic heterocycles. The average molecular weight is 369 g/mol. The minimum Gasteiger partial charge on any atom is -0.491 e. The number of ether oxygens (including phenoxy) is 1. The molecule has 0 radical (unpaired) electrons. The smallest absolute Gasteiger partial charge is 0.269 e. The maximum absolute atomic E-state index is 12.3. The van der Waals surface area contributed by atoms with Gasteiger partial charge in [0.2, 0.25) is 5.60 Å². The minimum absolute atomic E-state index is 0.101. The van der Waals surface area contributed by atoms with Crippen molar-refractivity contribution in [3.63, 3.8) is 0 Å². The van der Waals surface area contributed by atoms with Crippen molar-refractivity contribution in [3.05, 3.63) is 41.2 Å². The molecule has 8 nitrogen and oxygen atoms in total. The van der Waals surface area contributed by atoms with Gasteiger partial charge in [0.1, 0.15) is 11.4 Å². The van der Waals surface area contributed by atoms with E-state index in [1.165, 1.54) is 0 Å². The van der Waals surface area contributed by atoms with Gasteiger partial charge in [-0.05, 0) is 24.3 Å². The predicted molar refractivity (Wildman–Crippen MR) is 95.4 cm³/mol. The summed E-state index contributed by atoms with van der Waals surface area (Å²) in [5, 5.41) is 14.8. The molecule has 0 bridgehead atoms. The molecule has 8 heteroatoms. The maximum Gasteiger partial charge on any atom is 0.269 e. The number of amides is 2. The molecule has 2 aliphatic rings. The van der Waals surface area contributed by atoms with Gasteiger partial charge in [-0.2, -0.15) is 5.10 Å². The molecule has 138 valence electrons. The summed E-state index contributed by atoms with van der Waals surface area (Å²) in [6.45, 7) is -2.34. The second-order valence-corrected chi connectivity index (χ2v) is 6.39. The van der Waals surface area contributed by atoms with Crippen LogP contribution in [0.25, 0.3) is 5.69 Å². The quantitative estimate of drug-likeness (QED) is 0.679. The number of fused-ring (bicyclic) bond motifs is 3. The number of rotatable bonds is 1. The number of nitrogens with two attached hydrogens (primary N) is 1. The zero-order chi connectivity index (χ0) is 21.7. The molecule has 1 saturated heterocycles. The molecule has 2 amide bonds. The SMILES string of the molecule is [2H]C([2H])([2H])N1CC[C@](O)(C#Cc2ccc3c(c2)-n2nc(C(N)=O)cc2CCO3)C1=O. The van der Waals surface area contributed by atoms with Crippen molar-refractivity contribution in [2.75, 3.05) is 20.1 Å². The zero-order valence-electron chi connectivity index (χ0n) is 17.2. The second-order valence-electron chi connectivity index (χ2n) is 6.39. The summed E-state index contributed by atoms with van der Waals surface area (Å²) in [5.74, 6) is 4.21. The Hall–Kier alpha value is -3.31.